The summed E-state index contributed by atoms with van der Waals surface area (Å²) in [4.78, 5) is 24.1. The number of benzene rings is 2. The highest BCUT2D eigenvalue weighted by molar-refractivity contribution is 7.90. The van der Waals surface area contributed by atoms with Crippen molar-refractivity contribution in [1.82, 2.24) is 5.32 Å². The van der Waals surface area contributed by atoms with Crippen LogP contribution >= 0.6 is 0 Å². The van der Waals surface area contributed by atoms with E-state index in [9.17, 15) is 23.1 Å². The number of sulfone groups is 1. The second kappa shape index (κ2) is 8.28. The van der Waals surface area contributed by atoms with Crippen LogP contribution in [-0.4, -0.2) is 43.3 Å². The molecule has 4 rings (SSSR count). The van der Waals surface area contributed by atoms with Crippen LogP contribution in [0, 0.1) is 0 Å². The van der Waals surface area contributed by atoms with Crippen molar-refractivity contribution in [2.24, 2.45) is 0 Å². The first-order valence-corrected chi connectivity index (χ1v) is 12.0. The first kappa shape index (κ1) is 21.3. The Hall–Kier alpha value is -2.97. The standard InChI is InChI=1S/C23H23NO6S/c1-31(28,29)9-8-19(23(26)27)24-12-14-6-7-18-16(10-14)13-30-22(18)21-17-5-3-2-4-15(17)11-20(21)25/h2-7,10,19,24H,8-9,11-13H2,1H3,(H,26,27)/b22-21+. The minimum atomic E-state index is -3.24. The Kier molecular flexibility index (Phi) is 5.68. The molecule has 1 aliphatic carbocycles. The number of nitrogens with one attached hydrogen (secondary N) is 1. The number of carboxylic acids is 1. The van der Waals surface area contributed by atoms with Gasteiger partial charge in [-0.1, -0.05) is 42.5 Å². The van der Waals surface area contributed by atoms with E-state index in [1.807, 2.05) is 42.5 Å². The van der Waals surface area contributed by atoms with Gasteiger partial charge < -0.3 is 15.2 Å². The molecule has 0 saturated heterocycles. The van der Waals surface area contributed by atoms with Crippen LogP contribution in [0.5, 0.6) is 0 Å². The van der Waals surface area contributed by atoms with Crippen molar-refractivity contribution in [3.63, 3.8) is 0 Å². The second-order valence-corrected chi connectivity index (χ2v) is 10.2. The maximum Gasteiger partial charge on any atom is 0.320 e. The minimum Gasteiger partial charge on any atom is -0.487 e. The predicted molar refractivity (Wildman–Crippen MR) is 116 cm³/mol. The van der Waals surface area contributed by atoms with Crippen molar-refractivity contribution in [1.29, 1.82) is 0 Å². The van der Waals surface area contributed by atoms with Crippen molar-refractivity contribution in [2.75, 3.05) is 12.0 Å². The normalized spacial score (nSPS) is 18.4. The zero-order chi connectivity index (χ0) is 22.2. The van der Waals surface area contributed by atoms with Crippen LogP contribution in [0.15, 0.2) is 42.5 Å². The second-order valence-electron chi connectivity index (χ2n) is 7.93. The molecule has 7 nitrogen and oxygen atoms in total. The van der Waals surface area contributed by atoms with Gasteiger partial charge in [-0.05, 0) is 23.1 Å². The van der Waals surface area contributed by atoms with Crippen molar-refractivity contribution in [3.05, 3.63) is 70.3 Å². The van der Waals surface area contributed by atoms with Gasteiger partial charge in [-0.3, -0.25) is 9.59 Å². The van der Waals surface area contributed by atoms with Gasteiger partial charge >= 0.3 is 5.97 Å². The Labute approximate surface area is 180 Å². The van der Waals surface area contributed by atoms with Gasteiger partial charge in [-0.25, -0.2) is 8.42 Å². The van der Waals surface area contributed by atoms with Crippen LogP contribution in [0.1, 0.15) is 34.2 Å². The van der Waals surface area contributed by atoms with E-state index in [4.69, 9.17) is 4.74 Å². The fourth-order valence-electron chi connectivity index (χ4n) is 4.00. The van der Waals surface area contributed by atoms with Crippen LogP contribution in [0.4, 0.5) is 0 Å². The number of hydrogen-bond acceptors (Lipinski definition) is 6. The molecule has 162 valence electrons. The third kappa shape index (κ3) is 4.55. The zero-order valence-electron chi connectivity index (χ0n) is 17.1. The molecule has 2 aromatic rings. The van der Waals surface area contributed by atoms with Crippen molar-refractivity contribution in [2.45, 2.75) is 32.0 Å². The van der Waals surface area contributed by atoms with Gasteiger partial charge in [0, 0.05) is 30.3 Å². The fourth-order valence-corrected chi connectivity index (χ4v) is 4.66. The average Bonchev–Trinajstić information content (AvgIpc) is 3.25. The molecule has 2 aromatic carbocycles. The number of ketones is 1. The molecule has 0 saturated carbocycles. The van der Waals surface area contributed by atoms with Gasteiger partial charge in [0.2, 0.25) is 0 Å². The first-order valence-electron chi connectivity index (χ1n) is 9.97. The summed E-state index contributed by atoms with van der Waals surface area (Å²) in [6.45, 7) is 0.621. The van der Waals surface area contributed by atoms with Crippen LogP contribution in [0.2, 0.25) is 0 Å². The third-order valence-corrected chi connectivity index (χ3v) is 6.54. The molecule has 0 spiro atoms. The van der Waals surface area contributed by atoms with Crippen molar-refractivity contribution >= 4 is 32.9 Å². The smallest absolute Gasteiger partial charge is 0.320 e. The lowest BCUT2D eigenvalue weighted by Gasteiger charge is -2.14. The van der Waals surface area contributed by atoms with E-state index in [2.05, 4.69) is 5.32 Å². The lowest BCUT2D eigenvalue weighted by Crippen LogP contribution is -2.37. The molecule has 31 heavy (non-hydrogen) atoms. The van der Waals surface area contributed by atoms with Crippen LogP contribution < -0.4 is 5.32 Å². The molecule has 0 radical (unpaired) electrons. The van der Waals surface area contributed by atoms with E-state index in [0.29, 0.717) is 24.4 Å². The summed E-state index contributed by atoms with van der Waals surface area (Å²) in [6, 6.07) is 12.4. The Morgan fingerprint density at radius 3 is 2.68 bits per heavy atom. The van der Waals surface area contributed by atoms with E-state index in [1.165, 1.54) is 0 Å². The number of Topliss-reactive ketones (excluding diaryl/α,β-unsaturated/α-hetero) is 1. The quantitative estimate of drug-likeness (QED) is 0.634. The first-order chi connectivity index (χ1) is 14.7. The SMILES string of the molecule is CS(=O)(=O)CCC(NCc1ccc2c(c1)CO/C2=C1/C(=O)Cc2ccccc21)C(=O)O. The predicted octanol–water partition coefficient (Wildman–Crippen LogP) is 2.19. The largest absolute Gasteiger partial charge is 0.487 e. The van der Waals surface area contributed by atoms with E-state index < -0.39 is 21.8 Å². The van der Waals surface area contributed by atoms with Crippen LogP contribution in [0.3, 0.4) is 0 Å². The Balaban J connectivity index is 1.53. The summed E-state index contributed by atoms with van der Waals surface area (Å²) in [5, 5.41) is 12.3. The average molecular weight is 442 g/mol. The van der Waals surface area contributed by atoms with Crippen LogP contribution in [0.25, 0.3) is 11.3 Å². The van der Waals surface area contributed by atoms with Gasteiger partial charge in [0.25, 0.3) is 0 Å². The maximum atomic E-state index is 12.6. The summed E-state index contributed by atoms with van der Waals surface area (Å²) in [7, 11) is -3.24. The molecule has 8 heteroatoms. The topological polar surface area (TPSA) is 110 Å². The number of hydrogen-bond donors (Lipinski definition) is 2. The zero-order valence-corrected chi connectivity index (χ0v) is 17.9. The summed E-state index contributed by atoms with van der Waals surface area (Å²) < 4.78 is 28.6. The summed E-state index contributed by atoms with van der Waals surface area (Å²) in [5.41, 5.74) is 5.19. The molecule has 2 aliphatic rings. The molecule has 1 atom stereocenters. The number of carboxylic acid groups (broad SMARTS) is 1. The lowest BCUT2D eigenvalue weighted by atomic mass is 9.99. The molecule has 0 fully saturated rings. The number of allylic oxidation sites excluding steroid dienone is 1. The summed E-state index contributed by atoms with van der Waals surface area (Å²) in [5.74, 6) is -0.633. The Morgan fingerprint density at radius 2 is 1.94 bits per heavy atom. The molecule has 0 bridgehead atoms. The molecule has 0 amide bonds. The number of aliphatic carboxylic acids is 1. The number of carbonyl (C=O) groups is 2. The number of fused-ring (bicyclic) bond motifs is 2. The molecule has 0 aromatic heterocycles. The number of rotatable bonds is 7. The maximum absolute atomic E-state index is 12.6. The summed E-state index contributed by atoms with van der Waals surface area (Å²) >= 11 is 0. The van der Waals surface area contributed by atoms with E-state index >= 15 is 0 Å². The Morgan fingerprint density at radius 1 is 1.16 bits per heavy atom. The van der Waals surface area contributed by atoms with Crippen molar-refractivity contribution in [3.8, 4) is 0 Å². The van der Waals surface area contributed by atoms with Gasteiger partial charge in [0.15, 0.2) is 5.78 Å². The number of carbonyl (C=O) groups excluding carboxylic acids is 1. The minimum absolute atomic E-state index is 0.0000149. The molecule has 1 heterocycles. The lowest BCUT2D eigenvalue weighted by molar-refractivity contribution is -0.139. The monoisotopic (exact) mass is 441 g/mol. The van der Waals surface area contributed by atoms with Gasteiger partial charge in [0.05, 0.1) is 11.3 Å². The van der Waals surface area contributed by atoms with Crippen molar-refractivity contribution < 1.29 is 27.9 Å². The van der Waals surface area contributed by atoms with Gasteiger partial charge in [-0.2, -0.15) is 0 Å². The highest BCUT2D eigenvalue weighted by Crippen LogP contribution is 2.40. The van der Waals surface area contributed by atoms with Gasteiger partial charge in [0.1, 0.15) is 28.2 Å². The van der Waals surface area contributed by atoms with E-state index in [-0.39, 0.29) is 24.5 Å². The highest BCUT2D eigenvalue weighted by Gasteiger charge is 2.32. The van der Waals surface area contributed by atoms with E-state index in [1.54, 1.807) is 0 Å². The molecular weight excluding hydrogens is 418 g/mol. The number of ether oxygens (including phenoxy) is 1. The van der Waals surface area contributed by atoms with E-state index in [0.717, 1.165) is 34.1 Å². The van der Waals surface area contributed by atoms with Gasteiger partial charge in [-0.15, -0.1) is 0 Å². The van der Waals surface area contributed by atoms with Crippen LogP contribution in [-0.2, 0) is 43.7 Å². The Bertz CT molecular complexity index is 1200. The molecular formula is C23H23NO6S. The molecule has 2 N–H and O–H groups in total. The fraction of sp³-hybridized carbons (Fsp3) is 0.304. The summed E-state index contributed by atoms with van der Waals surface area (Å²) in [6.07, 6.45) is 1.46. The molecule has 1 unspecified atom stereocenters. The molecule has 1 aliphatic heterocycles. The third-order valence-electron chi connectivity index (χ3n) is 5.56. The highest BCUT2D eigenvalue weighted by atomic mass is 32.2.